The summed E-state index contributed by atoms with van der Waals surface area (Å²) in [4.78, 5) is 10.6. The molecule has 2 rings (SSSR count). The van der Waals surface area contributed by atoms with Crippen molar-refractivity contribution in [2.24, 2.45) is 7.05 Å². The van der Waals surface area contributed by atoms with Crippen molar-refractivity contribution in [3.05, 3.63) is 47.8 Å². The highest BCUT2D eigenvalue weighted by Gasteiger charge is 2.06. The molecule has 0 aliphatic carbocycles. The number of methoxy groups -OCH3 is 1. The van der Waals surface area contributed by atoms with Gasteiger partial charge < -0.3 is 14.6 Å². The van der Waals surface area contributed by atoms with Crippen LogP contribution in [0.4, 0.5) is 0 Å². The fourth-order valence-corrected chi connectivity index (χ4v) is 1.77. The predicted molar refractivity (Wildman–Crippen MR) is 77.2 cm³/mol. The summed E-state index contributed by atoms with van der Waals surface area (Å²) in [5, 5.41) is 12.9. The van der Waals surface area contributed by atoms with Crippen LogP contribution < -0.4 is 9.47 Å². The van der Waals surface area contributed by atoms with Crippen molar-refractivity contribution < 1.29 is 19.4 Å². The Morgan fingerprint density at radius 3 is 2.86 bits per heavy atom. The van der Waals surface area contributed by atoms with Gasteiger partial charge in [0.05, 0.1) is 12.8 Å². The summed E-state index contributed by atoms with van der Waals surface area (Å²) in [6.45, 7) is 0.307. The van der Waals surface area contributed by atoms with E-state index in [1.807, 2.05) is 19.3 Å². The number of carboxylic acid groups (broad SMARTS) is 1. The van der Waals surface area contributed by atoms with E-state index in [2.05, 4.69) is 5.10 Å². The molecule has 0 saturated heterocycles. The second-order valence-electron chi connectivity index (χ2n) is 4.34. The summed E-state index contributed by atoms with van der Waals surface area (Å²) in [5.74, 6) is 0.178. The molecule has 1 aromatic heterocycles. The van der Waals surface area contributed by atoms with Crippen LogP contribution >= 0.6 is 0 Å². The van der Waals surface area contributed by atoms with E-state index in [0.717, 1.165) is 11.8 Å². The standard InChI is InChI=1S/C15H16N2O4/c1-17-8-7-12(16-17)10-21-14-5-4-13(20-2)9-11(14)3-6-15(18)19/h3-9H,10H2,1-2H3,(H,18,19)/b6-3+. The van der Waals surface area contributed by atoms with Crippen LogP contribution in [-0.4, -0.2) is 28.0 Å². The largest absolute Gasteiger partial charge is 0.497 e. The molecule has 1 heterocycles. The quantitative estimate of drug-likeness (QED) is 0.824. The van der Waals surface area contributed by atoms with E-state index in [9.17, 15) is 4.79 Å². The Labute approximate surface area is 122 Å². The van der Waals surface area contributed by atoms with Crippen molar-refractivity contribution in [3.8, 4) is 11.5 Å². The lowest BCUT2D eigenvalue weighted by atomic mass is 10.1. The van der Waals surface area contributed by atoms with Crippen molar-refractivity contribution in [1.82, 2.24) is 9.78 Å². The van der Waals surface area contributed by atoms with Gasteiger partial charge in [0, 0.05) is 24.9 Å². The number of hydrogen-bond acceptors (Lipinski definition) is 4. The van der Waals surface area contributed by atoms with Gasteiger partial charge in [-0.25, -0.2) is 4.79 Å². The van der Waals surface area contributed by atoms with Gasteiger partial charge in [0.15, 0.2) is 0 Å². The van der Waals surface area contributed by atoms with Gasteiger partial charge in [-0.05, 0) is 30.3 Å². The molecule has 0 saturated carbocycles. The van der Waals surface area contributed by atoms with E-state index >= 15 is 0 Å². The maximum atomic E-state index is 10.6. The molecule has 1 N–H and O–H groups in total. The highest BCUT2D eigenvalue weighted by atomic mass is 16.5. The van der Waals surface area contributed by atoms with Crippen LogP contribution in [0, 0.1) is 0 Å². The first kappa shape index (κ1) is 14.6. The van der Waals surface area contributed by atoms with Crippen molar-refractivity contribution in [2.75, 3.05) is 7.11 Å². The molecular weight excluding hydrogens is 272 g/mol. The molecule has 0 radical (unpaired) electrons. The summed E-state index contributed by atoms with van der Waals surface area (Å²) in [5.41, 5.74) is 1.43. The molecular formula is C15H16N2O4. The molecule has 110 valence electrons. The van der Waals surface area contributed by atoms with Crippen molar-refractivity contribution in [2.45, 2.75) is 6.61 Å². The van der Waals surface area contributed by atoms with Crippen LogP contribution in [0.15, 0.2) is 36.5 Å². The molecule has 6 heteroatoms. The Bertz CT molecular complexity index is 661. The lowest BCUT2D eigenvalue weighted by molar-refractivity contribution is -0.131. The third-order valence-corrected chi connectivity index (χ3v) is 2.77. The predicted octanol–water partition coefficient (Wildman–Crippen LogP) is 2.11. The zero-order valence-electron chi connectivity index (χ0n) is 11.8. The minimum Gasteiger partial charge on any atom is -0.497 e. The number of benzene rings is 1. The van der Waals surface area contributed by atoms with E-state index in [1.54, 1.807) is 30.0 Å². The number of aliphatic carboxylic acids is 1. The first-order chi connectivity index (χ1) is 10.1. The van der Waals surface area contributed by atoms with Crippen LogP contribution in [0.2, 0.25) is 0 Å². The molecule has 0 aliphatic heterocycles. The van der Waals surface area contributed by atoms with Gasteiger partial charge in [-0.3, -0.25) is 4.68 Å². The fraction of sp³-hybridized carbons (Fsp3) is 0.200. The van der Waals surface area contributed by atoms with Gasteiger partial charge in [-0.1, -0.05) is 0 Å². The zero-order valence-corrected chi connectivity index (χ0v) is 11.8. The Balaban J connectivity index is 2.18. The number of aryl methyl sites for hydroxylation is 1. The number of hydrogen-bond donors (Lipinski definition) is 1. The third-order valence-electron chi connectivity index (χ3n) is 2.77. The highest BCUT2D eigenvalue weighted by Crippen LogP contribution is 2.26. The molecule has 2 aromatic rings. The van der Waals surface area contributed by atoms with Gasteiger partial charge in [-0.15, -0.1) is 0 Å². The van der Waals surface area contributed by atoms with Gasteiger partial charge in [0.2, 0.25) is 0 Å². The fourth-order valence-electron chi connectivity index (χ4n) is 1.77. The maximum absolute atomic E-state index is 10.6. The van der Waals surface area contributed by atoms with Crippen LogP contribution in [0.1, 0.15) is 11.3 Å². The summed E-state index contributed by atoms with van der Waals surface area (Å²) in [6.07, 6.45) is 4.36. The van der Waals surface area contributed by atoms with E-state index in [0.29, 0.717) is 23.7 Å². The second kappa shape index (κ2) is 6.60. The number of carboxylic acids is 1. The van der Waals surface area contributed by atoms with Crippen LogP contribution in [0.25, 0.3) is 6.08 Å². The van der Waals surface area contributed by atoms with E-state index < -0.39 is 5.97 Å². The molecule has 1 aromatic carbocycles. The number of aromatic nitrogens is 2. The molecule has 0 bridgehead atoms. The van der Waals surface area contributed by atoms with E-state index in [4.69, 9.17) is 14.6 Å². The van der Waals surface area contributed by atoms with Crippen LogP contribution in [0.5, 0.6) is 11.5 Å². The average Bonchev–Trinajstić information content (AvgIpc) is 2.88. The molecule has 0 fully saturated rings. The number of ether oxygens (including phenoxy) is 2. The average molecular weight is 288 g/mol. The van der Waals surface area contributed by atoms with Crippen molar-refractivity contribution in [3.63, 3.8) is 0 Å². The topological polar surface area (TPSA) is 73.6 Å². The summed E-state index contributed by atoms with van der Waals surface area (Å²) < 4.78 is 12.5. The monoisotopic (exact) mass is 288 g/mol. The Kier molecular flexibility index (Phi) is 4.61. The van der Waals surface area contributed by atoms with Gasteiger partial charge >= 0.3 is 5.97 Å². The number of nitrogens with zero attached hydrogens (tertiary/aromatic N) is 2. The third kappa shape index (κ3) is 4.10. The summed E-state index contributed by atoms with van der Waals surface area (Å²) in [7, 11) is 3.38. The SMILES string of the molecule is COc1ccc(OCc2ccn(C)n2)c(/C=C/C(=O)O)c1. The molecule has 0 atom stereocenters. The minimum absolute atomic E-state index is 0.307. The Morgan fingerprint density at radius 1 is 1.43 bits per heavy atom. The van der Waals surface area contributed by atoms with Gasteiger partial charge in [0.1, 0.15) is 18.1 Å². The van der Waals surface area contributed by atoms with Crippen molar-refractivity contribution >= 4 is 12.0 Å². The molecule has 0 amide bonds. The zero-order chi connectivity index (χ0) is 15.2. The molecule has 0 unspecified atom stereocenters. The van der Waals surface area contributed by atoms with Crippen LogP contribution in [-0.2, 0) is 18.4 Å². The Morgan fingerprint density at radius 2 is 2.24 bits per heavy atom. The second-order valence-corrected chi connectivity index (χ2v) is 4.34. The first-order valence-corrected chi connectivity index (χ1v) is 6.29. The lowest BCUT2D eigenvalue weighted by Gasteiger charge is -2.09. The van der Waals surface area contributed by atoms with Gasteiger partial charge in [-0.2, -0.15) is 5.10 Å². The summed E-state index contributed by atoms with van der Waals surface area (Å²) in [6, 6.07) is 7.07. The number of carbonyl (C=O) groups is 1. The lowest BCUT2D eigenvalue weighted by Crippen LogP contribution is -1.99. The maximum Gasteiger partial charge on any atom is 0.328 e. The molecule has 0 spiro atoms. The minimum atomic E-state index is -1.02. The number of rotatable bonds is 6. The normalized spacial score (nSPS) is 10.8. The van der Waals surface area contributed by atoms with E-state index in [1.165, 1.54) is 6.08 Å². The molecule has 21 heavy (non-hydrogen) atoms. The van der Waals surface area contributed by atoms with Crippen molar-refractivity contribution in [1.29, 1.82) is 0 Å². The smallest absolute Gasteiger partial charge is 0.328 e. The summed E-state index contributed by atoms with van der Waals surface area (Å²) >= 11 is 0. The Hall–Kier alpha value is -2.76. The highest BCUT2D eigenvalue weighted by molar-refractivity contribution is 5.86. The van der Waals surface area contributed by atoms with E-state index in [-0.39, 0.29) is 0 Å². The molecule has 0 aliphatic rings. The van der Waals surface area contributed by atoms with Gasteiger partial charge in [0.25, 0.3) is 0 Å². The van der Waals surface area contributed by atoms with Crippen LogP contribution in [0.3, 0.4) is 0 Å². The molecule has 6 nitrogen and oxygen atoms in total. The first-order valence-electron chi connectivity index (χ1n) is 6.29.